The summed E-state index contributed by atoms with van der Waals surface area (Å²) in [5, 5.41) is 8.09. The molecule has 5 heteroatoms. The fraction of sp³-hybridized carbons (Fsp3) is 0.571. The number of nitrogens with zero attached hydrogens (tertiary/aromatic N) is 1. The number of carbonyl (C=O) groups is 2. The molecule has 66 valence electrons. The van der Waals surface area contributed by atoms with Crippen LogP contribution in [-0.4, -0.2) is 25.2 Å². The number of hydrogen-bond acceptors (Lipinski definition) is 5. The van der Waals surface area contributed by atoms with E-state index in [-0.39, 0.29) is 19.5 Å². The molecular formula is C7H9NO4. The van der Waals surface area contributed by atoms with Crippen LogP contribution < -0.4 is 0 Å². The van der Waals surface area contributed by atoms with Gasteiger partial charge in [0.25, 0.3) is 6.47 Å². The second-order valence-electron chi connectivity index (χ2n) is 1.95. The van der Waals surface area contributed by atoms with Gasteiger partial charge in [-0.1, -0.05) is 0 Å². The molecule has 0 heterocycles. The molecule has 0 aliphatic heterocycles. The molecule has 0 bridgehead atoms. The first-order valence-corrected chi connectivity index (χ1v) is 3.35. The lowest BCUT2D eigenvalue weighted by Gasteiger charge is -2.07. The van der Waals surface area contributed by atoms with Crippen molar-refractivity contribution in [1.82, 2.24) is 0 Å². The van der Waals surface area contributed by atoms with Gasteiger partial charge in [-0.05, 0) is 6.92 Å². The summed E-state index contributed by atoms with van der Waals surface area (Å²) in [6.45, 7) is 1.60. The molecule has 0 saturated heterocycles. The van der Waals surface area contributed by atoms with Gasteiger partial charge < -0.3 is 9.47 Å². The molecule has 0 saturated carbocycles. The van der Waals surface area contributed by atoms with E-state index in [2.05, 4.69) is 9.47 Å². The van der Waals surface area contributed by atoms with Crippen molar-refractivity contribution < 1.29 is 19.1 Å². The highest BCUT2D eigenvalue weighted by Crippen LogP contribution is 1.93. The van der Waals surface area contributed by atoms with Crippen molar-refractivity contribution in [3.8, 4) is 6.07 Å². The van der Waals surface area contributed by atoms with Crippen molar-refractivity contribution in [2.75, 3.05) is 6.61 Å². The summed E-state index contributed by atoms with van der Waals surface area (Å²) < 4.78 is 8.85. The molecule has 0 spiro atoms. The lowest BCUT2D eigenvalue weighted by molar-refractivity contribution is -0.160. The number of nitriles is 1. The van der Waals surface area contributed by atoms with Gasteiger partial charge in [-0.25, -0.2) is 4.79 Å². The minimum Gasteiger partial charge on any atom is -0.462 e. The summed E-state index contributed by atoms with van der Waals surface area (Å²) in [5.74, 6) is -0.641. The van der Waals surface area contributed by atoms with Crippen LogP contribution in [-0.2, 0) is 19.1 Å². The number of esters is 1. The van der Waals surface area contributed by atoms with E-state index >= 15 is 0 Å². The van der Waals surface area contributed by atoms with Gasteiger partial charge in [0.15, 0.2) is 6.10 Å². The Kier molecular flexibility index (Phi) is 5.35. The third-order valence-electron chi connectivity index (χ3n) is 1.05. The van der Waals surface area contributed by atoms with E-state index in [0.29, 0.717) is 0 Å². The average Bonchev–Trinajstić information content (AvgIpc) is 2.05. The Balaban J connectivity index is 3.58. The molecule has 0 radical (unpaired) electrons. The molecule has 0 rings (SSSR count). The highest BCUT2D eigenvalue weighted by Gasteiger charge is 2.14. The fourth-order valence-electron chi connectivity index (χ4n) is 0.454. The zero-order valence-corrected chi connectivity index (χ0v) is 6.65. The van der Waals surface area contributed by atoms with Crippen molar-refractivity contribution in [1.29, 1.82) is 5.26 Å². The predicted molar refractivity (Wildman–Crippen MR) is 37.8 cm³/mol. The number of ether oxygens (including phenoxy) is 2. The minimum atomic E-state index is -0.902. The van der Waals surface area contributed by atoms with Gasteiger partial charge in [-0.15, -0.1) is 0 Å². The number of rotatable bonds is 5. The van der Waals surface area contributed by atoms with E-state index in [1.54, 1.807) is 6.07 Å². The average molecular weight is 171 g/mol. The molecule has 0 N–H and O–H groups in total. The molecule has 0 aliphatic rings. The Morgan fingerprint density at radius 2 is 2.42 bits per heavy atom. The standard InChI is InChI=1S/C7H9NO4/c1-6(12-5-9)7(10)11-4-2-3-8/h5-6H,2,4H2,1H3. The molecule has 12 heavy (non-hydrogen) atoms. The Labute approximate surface area is 69.9 Å². The van der Waals surface area contributed by atoms with Crippen molar-refractivity contribution in [3.05, 3.63) is 0 Å². The first-order valence-electron chi connectivity index (χ1n) is 3.35. The van der Waals surface area contributed by atoms with E-state index in [9.17, 15) is 9.59 Å². The molecule has 0 aromatic carbocycles. The molecule has 0 aromatic heterocycles. The smallest absolute Gasteiger partial charge is 0.347 e. The van der Waals surface area contributed by atoms with Gasteiger partial charge >= 0.3 is 5.97 Å². The first-order chi connectivity index (χ1) is 5.72. The van der Waals surface area contributed by atoms with Gasteiger partial charge in [0.05, 0.1) is 12.5 Å². The number of hydrogen-bond donors (Lipinski definition) is 0. The van der Waals surface area contributed by atoms with Crippen LogP contribution in [0.1, 0.15) is 13.3 Å². The first kappa shape index (κ1) is 10.4. The Hall–Kier alpha value is -1.57. The normalized spacial score (nSPS) is 11.0. The van der Waals surface area contributed by atoms with Crippen LogP contribution in [0.3, 0.4) is 0 Å². The highest BCUT2D eigenvalue weighted by atomic mass is 16.6. The van der Waals surface area contributed by atoms with E-state index in [0.717, 1.165) is 0 Å². The molecule has 5 nitrogen and oxygen atoms in total. The fourth-order valence-corrected chi connectivity index (χ4v) is 0.454. The summed E-state index contributed by atoms with van der Waals surface area (Å²) >= 11 is 0. The molecule has 0 fully saturated rings. The van der Waals surface area contributed by atoms with Gasteiger partial charge in [0, 0.05) is 0 Å². The monoisotopic (exact) mass is 171 g/mol. The van der Waals surface area contributed by atoms with Crippen LogP contribution in [0.5, 0.6) is 0 Å². The van der Waals surface area contributed by atoms with Crippen molar-refractivity contribution in [2.45, 2.75) is 19.4 Å². The van der Waals surface area contributed by atoms with Crippen LogP contribution >= 0.6 is 0 Å². The van der Waals surface area contributed by atoms with Crippen molar-refractivity contribution >= 4 is 12.4 Å². The quantitative estimate of drug-likeness (QED) is 0.330. The van der Waals surface area contributed by atoms with Gasteiger partial charge in [0.2, 0.25) is 0 Å². The minimum absolute atomic E-state index is 0.0297. The maximum atomic E-state index is 10.8. The van der Waals surface area contributed by atoms with Crippen molar-refractivity contribution in [2.24, 2.45) is 0 Å². The van der Waals surface area contributed by atoms with Gasteiger partial charge in [-0.3, -0.25) is 4.79 Å². The molecule has 0 amide bonds. The second kappa shape index (κ2) is 6.16. The van der Waals surface area contributed by atoms with E-state index < -0.39 is 12.1 Å². The molecule has 0 aliphatic carbocycles. The summed E-state index contributed by atoms with van der Waals surface area (Å²) in [4.78, 5) is 20.6. The SMILES string of the molecule is CC(OC=O)C(=O)OCCC#N. The zero-order chi connectivity index (χ0) is 9.40. The Bertz CT molecular complexity index is 196. The molecule has 0 aromatic rings. The maximum absolute atomic E-state index is 10.8. The number of carbonyl (C=O) groups excluding carboxylic acids is 2. The third kappa shape index (κ3) is 4.28. The zero-order valence-electron chi connectivity index (χ0n) is 6.65. The van der Waals surface area contributed by atoms with Crippen LogP contribution in [0.15, 0.2) is 0 Å². The molecular weight excluding hydrogens is 162 g/mol. The van der Waals surface area contributed by atoms with E-state index in [1.807, 2.05) is 0 Å². The van der Waals surface area contributed by atoms with Gasteiger partial charge in [-0.2, -0.15) is 5.26 Å². The topological polar surface area (TPSA) is 76.4 Å². The molecule has 1 atom stereocenters. The van der Waals surface area contributed by atoms with Crippen LogP contribution in [0.2, 0.25) is 0 Å². The second-order valence-corrected chi connectivity index (χ2v) is 1.95. The summed E-state index contributed by atoms with van der Waals surface area (Å²) in [5.41, 5.74) is 0. The highest BCUT2D eigenvalue weighted by molar-refractivity contribution is 5.75. The van der Waals surface area contributed by atoms with Crippen LogP contribution in [0.4, 0.5) is 0 Å². The lowest BCUT2D eigenvalue weighted by atomic mass is 10.4. The molecule has 1 unspecified atom stereocenters. The van der Waals surface area contributed by atoms with Crippen LogP contribution in [0, 0.1) is 11.3 Å². The summed E-state index contributed by atoms with van der Waals surface area (Å²) in [6.07, 6.45) is -0.763. The van der Waals surface area contributed by atoms with E-state index in [1.165, 1.54) is 6.92 Å². The summed E-state index contributed by atoms with van der Waals surface area (Å²) in [6, 6.07) is 1.81. The Morgan fingerprint density at radius 3 is 2.92 bits per heavy atom. The largest absolute Gasteiger partial charge is 0.462 e. The maximum Gasteiger partial charge on any atom is 0.347 e. The summed E-state index contributed by atoms with van der Waals surface area (Å²) in [7, 11) is 0. The Morgan fingerprint density at radius 1 is 1.75 bits per heavy atom. The predicted octanol–water partition coefficient (Wildman–Crippen LogP) is 0.00478. The van der Waals surface area contributed by atoms with Crippen LogP contribution in [0.25, 0.3) is 0 Å². The van der Waals surface area contributed by atoms with Gasteiger partial charge in [0.1, 0.15) is 6.61 Å². The third-order valence-corrected chi connectivity index (χ3v) is 1.05. The lowest BCUT2D eigenvalue weighted by Crippen LogP contribution is -2.23. The van der Waals surface area contributed by atoms with E-state index in [4.69, 9.17) is 5.26 Å². The van der Waals surface area contributed by atoms with Crippen molar-refractivity contribution in [3.63, 3.8) is 0 Å².